The maximum Gasteiger partial charge on any atom is 0.339 e. The molecular weight excluding hydrogens is 292 g/mol. The molecule has 2 rings (SSSR count). The van der Waals surface area contributed by atoms with Crippen LogP contribution in [0.25, 0.3) is 0 Å². The summed E-state index contributed by atoms with van der Waals surface area (Å²) in [6, 6.07) is 5.39. The summed E-state index contributed by atoms with van der Waals surface area (Å²) in [7, 11) is 5.77. The van der Waals surface area contributed by atoms with E-state index in [2.05, 4.69) is 37.7 Å². The van der Waals surface area contributed by atoms with Gasteiger partial charge in [-0.2, -0.15) is 0 Å². The summed E-state index contributed by atoms with van der Waals surface area (Å²) >= 11 is 0. The average molecular weight is 320 g/mol. The predicted molar refractivity (Wildman–Crippen MR) is 91.1 cm³/mol. The zero-order valence-electron chi connectivity index (χ0n) is 14.8. The highest BCUT2D eigenvalue weighted by Gasteiger charge is 2.39. The SMILES string of the molecule is COc1ccc(CN(C)CC2CCN(C)C2(C)C)cc1C(=O)O. The van der Waals surface area contributed by atoms with Crippen LogP contribution in [0.5, 0.6) is 5.75 Å². The molecule has 1 saturated heterocycles. The van der Waals surface area contributed by atoms with Gasteiger partial charge in [0.1, 0.15) is 11.3 Å². The molecule has 0 radical (unpaired) electrons. The zero-order chi connectivity index (χ0) is 17.2. The van der Waals surface area contributed by atoms with Crippen LogP contribution in [0.3, 0.4) is 0 Å². The van der Waals surface area contributed by atoms with Gasteiger partial charge in [0.25, 0.3) is 0 Å². The van der Waals surface area contributed by atoms with Crippen LogP contribution in [-0.4, -0.2) is 60.7 Å². The predicted octanol–water partition coefficient (Wildman–Crippen LogP) is 2.56. The van der Waals surface area contributed by atoms with Gasteiger partial charge in [-0.25, -0.2) is 4.79 Å². The van der Waals surface area contributed by atoms with Gasteiger partial charge >= 0.3 is 5.97 Å². The standard InChI is InChI=1S/C18H28N2O3/c1-18(2)14(8-9-20(18)4)12-19(3)11-13-6-7-16(23-5)15(10-13)17(21)22/h6-7,10,14H,8-9,11-12H2,1-5H3,(H,21,22). The van der Waals surface area contributed by atoms with Gasteiger partial charge in [-0.1, -0.05) is 6.07 Å². The Kier molecular flexibility index (Phi) is 5.32. The highest BCUT2D eigenvalue weighted by atomic mass is 16.5. The fraction of sp³-hybridized carbons (Fsp3) is 0.611. The number of hydrogen-bond acceptors (Lipinski definition) is 4. The molecule has 1 aromatic carbocycles. The molecule has 1 aromatic rings. The normalized spacial score (nSPS) is 20.9. The van der Waals surface area contributed by atoms with Crippen LogP contribution >= 0.6 is 0 Å². The first-order valence-electron chi connectivity index (χ1n) is 8.05. The average Bonchev–Trinajstić information content (AvgIpc) is 2.73. The number of hydrogen-bond donors (Lipinski definition) is 1. The molecular formula is C18H28N2O3. The summed E-state index contributed by atoms with van der Waals surface area (Å²) < 4.78 is 5.11. The van der Waals surface area contributed by atoms with Crippen molar-refractivity contribution in [1.82, 2.24) is 9.80 Å². The highest BCUT2D eigenvalue weighted by Crippen LogP contribution is 2.33. The Hall–Kier alpha value is -1.59. The molecule has 5 heteroatoms. The summed E-state index contributed by atoms with van der Waals surface area (Å²) in [6.45, 7) is 7.48. The van der Waals surface area contributed by atoms with E-state index in [1.165, 1.54) is 13.5 Å². The Morgan fingerprint density at radius 1 is 1.48 bits per heavy atom. The van der Waals surface area contributed by atoms with Crippen molar-refractivity contribution < 1.29 is 14.6 Å². The molecule has 0 spiro atoms. The number of methoxy groups -OCH3 is 1. The summed E-state index contributed by atoms with van der Waals surface area (Å²) in [5.74, 6) is 0.0713. The van der Waals surface area contributed by atoms with Gasteiger partial charge in [-0.05, 0) is 64.5 Å². The smallest absolute Gasteiger partial charge is 0.339 e. The van der Waals surface area contributed by atoms with Gasteiger partial charge in [-0.3, -0.25) is 0 Å². The van der Waals surface area contributed by atoms with E-state index < -0.39 is 5.97 Å². The highest BCUT2D eigenvalue weighted by molar-refractivity contribution is 5.91. The molecule has 1 aliphatic heterocycles. The van der Waals surface area contributed by atoms with Crippen molar-refractivity contribution in [2.45, 2.75) is 32.4 Å². The summed E-state index contributed by atoms with van der Waals surface area (Å²) in [5.41, 5.74) is 1.43. The quantitative estimate of drug-likeness (QED) is 0.873. The first-order valence-corrected chi connectivity index (χ1v) is 8.05. The van der Waals surface area contributed by atoms with Crippen molar-refractivity contribution in [3.8, 4) is 5.75 Å². The molecule has 1 N–H and O–H groups in total. The number of likely N-dealkylation sites (tertiary alicyclic amines) is 1. The lowest BCUT2D eigenvalue weighted by atomic mass is 9.88. The molecule has 1 atom stereocenters. The van der Waals surface area contributed by atoms with Crippen LogP contribution in [0.4, 0.5) is 0 Å². The van der Waals surface area contributed by atoms with E-state index >= 15 is 0 Å². The Labute approximate surface area is 138 Å². The maximum absolute atomic E-state index is 11.3. The molecule has 1 heterocycles. The molecule has 1 unspecified atom stereocenters. The lowest BCUT2D eigenvalue weighted by molar-refractivity contribution is 0.0693. The first kappa shape index (κ1) is 17.8. The third-order valence-electron chi connectivity index (χ3n) is 5.27. The molecule has 1 fully saturated rings. The van der Waals surface area contributed by atoms with Gasteiger partial charge < -0.3 is 19.6 Å². The van der Waals surface area contributed by atoms with E-state index in [0.29, 0.717) is 11.7 Å². The minimum Gasteiger partial charge on any atom is -0.496 e. The Bertz CT molecular complexity index is 571. The number of carboxylic acids is 1. The number of aromatic carboxylic acids is 1. The van der Waals surface area contributed by atoms with Crippen molar-refractivity contribution >= 4 is 5.97 Å². The molecule has 0 saturated carbocycles. The lowest BCUT2D eigenvalue weighted by Crippen LogP contribution is -2.43. The Morgan fingerprint density at radius 2 is 2.17 bits per heavy atom. The van der Waals surface area contributed by atoms with E-state index in [9.17, 15) is 9.90 Å². The van der Waals surface area contributed by atoms with E-state index in [1.807, 2.05) is 6.07 Å². The molecule has 1 aliphatic rings. The number of ether oxygens (including phenoxy) is 1. The van der Waals surface area contributed by atoms with E-state index in [1.54, 1.807) is 12.1 Å². The van der Waals surface area contributed by atoms with Crippen molar-refractivity contribution in [2.24, 2.45) is 5.92 Å². The van der Waals surface area contributed by atoms with E-state index in [-0.39, 0.29) is 11.1 Å². The molecule has 128 valence electrons. The van der Waals surface area contributed by atoms with E-state index in [4.69, 9.17) is 4.74 Å². The van der Waals surface area contributed by atoms with Crippen molar-refractivity contribution in [1.29, 1.82) is 0 Å². The van der Waals surface area contributed by atoms with Gasteiger partial charge in [-0.15, -0.1) is 0 Å². The number of rotatable bonds is 6. The molecule has 23 heavy (non-hydrogen) atoms. The number of nitrogens with zero attached hydrogens (tertiary/aromatic N) is 2. The number of benzene rings is 1. The van der Waals surface area contributed by atoms with Crippen LogP contribution < -0.4 is 4.74 Å². The number of carbonyl (C=O) groups is 1. The van der Waals surface area contributed by atoms with Crippen molar-refractivity contribution in [3.63, 3.8) is 0 Å². The third-order valence-corrected chi connectivity index (χ3v) is 5.27. The van der Waals surface area contributed by atoms with Crippen LogP contribution in [0, 0.1) is 5.92 Å². The zero-order valence-corrected chi connectivity index (χ0v) is 14.8. The van der Waals surface area contributed by atoms with Crippen LogP contribution in [-0.2, 0) is 6.54 Å². The van der Waals surface area contributed by atoms with Gasteiger partial charge in [0.15, 0.2) is 0 Å². The molecule has 5 nitrogen and oxygen atoms in total. The second-order valence-electron chi connectivity index (χ2n) is 7.10. The lowest BCUT2D eigenvalue weighted by Gasteiger charge is -2.35. The molecule has 0 amide bonds. The van der Waals surface area contributed by atoms with Crippen LogP contribution in [0.2, 0.25) is 0 Å². The van der Waals surface area contributed by atoms with Crippen LogP contribution in [0.1, 0.15) is 36.2 Å². The Morgan fingerprint density at radius 3 is 2.70 bits per heavy atom. The second kappa shape index (κ2) is 6.89. The summed E-state index contributed by atoms with van der Waals surface area (Å²) in [6.07, 6.45) is 1.21. The summed E-state index contributed by atoms with van der Waals surface area (Å²) in [5, 5.41) is 9.28. The fourth-order valence-electron chi connectivity index (χ4n) is 3.39. The number of carboxylic acid groups (broad SMARTS) is 1. The van der Waals surface area contributed by atoms with Gasteiger partial charge in [0.2, 0.25) is 0 Å². The molecule has 0 bridgehead atoms. The van der Waals surface area contributed by atoms with Crippen LogP contribution in [0.15, 0.2) is 18.2 Å². The topological polar surface area (TPSA) is 53.0 Å². The molecule has 0 aliphatic carbocycles. The molecule has 0 aromatic heterocycles. The third kappa shape index (κ3) is 3.85. The Balaban J connectivity index is 2.05. The minimum absolute atomic E-state index is 0.209. The maximum atomic E-state index is 11.3. The monoisotopic (exact) mass is 320 g/mol. The largest absolute Gasteiger partial charge is 0.496 e. The van der Waals surface area contributed by atoms with Crippen molar-refractivity contribution in [2.75, 3.05) is 34.3 Å². The first-order chi connectivity index (χ1) is 10.8. The van der Waals surface area contributed by atoms with Gasteiger partial charge in [0, 0.05) is 18.6 Å². The minimum atomic E-state index is -0.954. The van der Waals surface area contributed by atoms with Crippen molar-refractivity contribution in [3.05, 3.63) is 29.3 Å². The van der Waals surface area contributed by atoms with E-state index in [0.717, 1.165) is 25.2 Å². The summed E-state index contributed by atoms with van der Waals surface area (Å²) in [4.78, 5) is 16.0. The second-order valence-corrected chi connectivity index (χ2v) is 7.10. The van der Waals surface area contributed by atoms with Gasteiger partial charge in [0.05, 0.1) is 7.11 Å². The fourth-order valence-corrected chi connectivity index (χ4v) is 3.39.